The fraction of sp³-hybridized carbons (Fsp3) is 0.529. The first kappa shape index (κ1) is 14.9. The molecule has 1 aromatic carbocycles. The fourth-order valence-electron chi connectivity index (χ4n) is 2.80. The maximum Gasteiger partial charge on any atom is 0.177 e. The zero-order chi connectivity index (χ0) is 14.7. The van der Waals surface area contributed by atoms with E-state index in [1.54, 1.807) is 0 Å². The molecule has 0 amide bonds. The summed E-state index contributed by atoms with van der Waals surface area (Å²) in [6, 6.07) is 5.99. The molecule has 1 unspecified atom stereocenters. The van der Waals surface area contributed by atoms with E-state index >= 15 is 0 Å². The van der Waals surface area contributed by atoms with Crippen LogP contribution in [-0.4, -0.2) is 36.1 Å². The predicted octanol–water partition coefficient (Wildman–Crippen LogP) is 2.79. The molecule has 1 aliphatic heterocycles. The van der Waals surface area contributed by atoms with Crippen LogP contribution in [0.25, 0.3) is 0 Å². The van der Waals surface area contributed by atoms with Crippen LogP contribution in [0.1, 0.15) is 41.3 Å². The second-order valence-electron chi connectivity index (χ2n) is 5.80. The summed E-state index contributed by atoms with van der Waals surface area (Å²) in [7, 11) is 0. The molecule has 0 N–H and O–H groups in total. The van der Waals surface area contributed by atoms with E-state index in [9.17, 15) is 9.59 Å². The maximum absolute atomic E-state index is 12.4. The molecule has 1 atom stereocenters. The van der Waals surface area contributed by atoms with Gasteiger partial charge in [-0.25, -0.2) is 0 Å². The highest BCUT2D eigenvalue weighted by Crippen LogP contribution is 2.18. The Bertz CT molecular complexity index is 522. The summed E-state index contributed by atoms with van der Waals surface area (Å²) in [5.41, 5.74) is 2.95. The highest BCUT2D eigenvalue weighted by atomic mass is 16.1. The lowest BCUT2D eigenvalue weighted by molar-refractivity contribution is -0.126. The average Bonchev–Trinajstić information content (AvgIpc) is 2.43. The summed E-state index contributed by atoms with van der Waals surface area (Å²) in [5, 5.41) is 0. The zero-order valence-electron chi connectivity index (χ0n) is 12.6. The number of likely N-dealkylation sites (tertiary alicyclic amines) is 1. The number of benzene rings is 1. The molecule has 0 aromatic heterocycles. The molecule has 2 rings (SSSR count). The van der Waals surface area contributed by atoms with Crippen LogP contribution >= 0.6 is 0 Å². The van der Waals surface area contributed by atoms with Gasteiger partial charge in [0.25, 0.3) is 0 Å². The van der Waals surface area contributed by atoms with Gasteiger partial charge in [0.15, 0.2) is 5.78 Å². The van der Waals surface area contributed by atoms with Gasteiger partial charge in [0.05, 0.1) is 6.54 Å². The summed E-state index contributed by atoms with van der Waals surface area (Å²) in [6.07, 6.45) is 1.45. The molecule has 1 saturated heterocycles. The van der Waals surface area contributed by atoms with Gasteiger partial charge >= 0.3 is 0 Å². The number of hydrogen-bond donors (Lipinski definition) is 0. The Morgan fingerprint density at radius 3 is 2.80 bits per heavy atom. The molecular formula is C17H23NO2. The maximum atomic E-state index is 12.4. The molecule has 1 fully saturated rings. The quantitative estimate of drug-likeness (QED) is 0.792. The number of Topliss-reactive ketones (excluding diaryl/α,β-unsaturated/α-hetero) is 2. The Balaban J connectivity index is 2.04. The topological polar surface area (TPSA) is 37.4 Å². The minimum atomic E-state index is 0.107. The first-order valence-electron chi connectivity index (χ1n) is 7.36. The Morgan fingerprint density at radius 2 is 2.10 bits per heavy atom. The molecule has 0 aliphatic carbocycles. The Morgan fingerprint density at radius 1 is 1.35 bits per heavy atom. The molecule has 20 heavy (non-hydrogen) atoms. The van der Waals surface area contributed by atoms with E-state index in [4.69, 9.17) is 0 Å². The second-order valence-corrected chi connectivity index (χ2v) is 5.80. The van der Waals surface area contributed by atoms with Crippen molar-refractivity contribution in [1.29, 1.82) is 0 Å². The van der Waals surface area contributed by atoms with E-state index in [1.807, 2.05) is 39.0 Å². The molecule has 108 valence electrons. The second kappa shape index (κ2) is 6.31. The number of hydrogen-bond acceptors (Lipinski definition) is 3. The third-order valence-corrected chi connectivity index (χ3v) is 4.16. The molecular weight excluding hydrogens is 250 g/mol. The summed E-state index contributed by atoms with van der Waals surface area (Å²) < 4.78 is 0. The van der Waals surface area contributed by atoms with Crippen molar-refractivity contribution < 1.29 is 9.59 Å². The minimum absolute atomic E-state index is 0.107. The Hall–Kier alpha value is -1.48. The molecule has 1 aliphatic rings. The van der Waals surface area contributed by atoms with Crippen LogP contribution < -0.4 is 0 Å². The van der Waals surface area contributed by atoms with Crippen LogP contribution in [0.15, 0.2) is 18.2 Å². The standard InChI is InChI=1S/C17H23NO2/c1-4-14-10-18(8-7-16(14)19)11-17(20)15-9-12(2)5-6-13(15)3/h5-6,9,14H,4,7-8,10-11H2,1-3H3. The van der Waals surface area contributed by atoms with Gasteiger partial charge in [0.1, 0.15) is 5.78 Å². The van der Waals surface area contributed by atoms with Crippen molar-refractivity contribution in [3.8, 4) is 0 Å². The number of nitrogens with zero attached hydrogens (tertiary/aromatic N) is 1. The number of rotatable bonds is 4. The highest BCUT2D eigenvalue weighted by Gasteiger charge is 2.27. The summed E-state index contributed by atoms with van der Waals surface area (Å²) >= 11 is 0. The van der Waals surface area contributed by atoms with Gasteiger partial charge in [-0.1, -0.05) is 24.6 Å². The van der Waals surface area contributed by atoms with Crippen molar-refractivity contribution in [2.24, 2.45) is 5.92 Å². The SMILES string of the molecule is CCC1CN(CC(=O)c2cc(C)ccc2C)CCC1=O. The predicted molar refractivity (Wildman–Crippen MR) is 80.1 cm³/mol. The zero-order valence-corrected chi connectivity index (χ0v) is 12.6. The van der Waals surface area contributed by atoms with Crippen LogP contribution in [0, 0.1) is 19.8 Å². The number of aryl methyl sites for hydroxylation is 2. The van der Waals surface area contributed by atoms with Crippen molar-refractivity contribution in [3.05, 3.63) is 34.9 Å². The van der Waals surface area contributed by atoms with E-state index in [0.717, 1.165) is 29.7 Å². The monoisotopic (exact) mass is 273 g/mol. The average molecular weight is 273 g/mol. The highest BCUT2D eigenvalue weighted by molar-refractivity contribution is 5.99. The van der Waals surface area contributed by atoms with Crippen LogP contribution in [0.5, 0.6) is 0 Å². The third kappa shape index (κ3) is 3.34. The molecule has 0 saturated carbocycles. The Kier molecular flexibility index (Phi) is 4.71. The van der Waals surface area contributed by atoms with Crippen molar-refractivity contribution >= 4 is 11.6 Å². The van der Waals surface area contributed by atoms with Crippen LogP contribution in [0.3, 0.4) is 0 Å². The summed E-state index contributed by atoms with van der Waals surface area (Å²) in [5.74, 6) is 0.619. The van der Waals surface area contributed by atoms with Crippen molar-refractivity contribution in [3.63, 3.8) is 0 Å². The number of carbonyl (C=O) groups is 2. The van der Waals surface area contributed by atoms with E-state index in [2.05, 4.69) is 4.90 Å². The molecule has 0 radical (unpaired) electrons. The summed E-state index contributed by atoms with van der Waals surface area (Å²) in [4.78, 5) is 26.3. The molecule has 0 bridgehead atoms. The van der Waals surface area contributed by atoms with Gasteiger partial charge < -0.3 is 0 Å². The lowest BCUT2D eigenvalue weighted by Gasteiger charge is -2.30. The smallest absolute Gasteiger partial charge is 0.177 e. The van der Waals surface area contributed by atoms with Gasteiger partial charge in [0, 0.05) is 31.0 Å². The summed E-state index contributed by atoms with van der Waals surface area (Å²) in [6.45, 7) is 7.88. The minimum Gasteiger partial charge on any atom is -0.299 e. The van der Waals surface area contributed by atoms with Crippen molar-refractivity contribution in [2.45, 2.75) is 33.6 Å². The van der Waals surface area contributed by atoms with Crippen molar-refractivity contribution in [2.75, 3.05) is 19.6 Å². The van der Waals surface area contributed by atoms with Gasteiger partial charge in [-0.15, -0.1) is 0 Å². The first-order valence-corrected chi connectivity index (χ1v) is 7.36. The van der Waals surface area contributed by atoms with Gasteiger partial charge in [-0.2, -0.15) is 0 Å². The molecule has 1 aromatic rings. The van der Waals surface area contributed by atoms with Gasteiger partial charge in [0.2, 0.25) is 0 Å². The van der Waals surface area contributed by atoms with Crippen molar-refractivity contribution in [1.82, 2.24) is 4.90 Å². The molecule has 3 heteroatoms. The molecule has 1 heterocycles. The van der Waals surface area contributed by atoms with Gasteiger partial charge in [-0.3, -0.25) is 14.5 Å². The fourth-order valence-corrected chi connectivity index (χ4v) is 2.80. The molecule has 3 nitrogen and oxygen atoms in total. The van der Waals surface area contributed by atoms with Crippen LogP contribution in [-0.2, 0) is 4.79 Å². The normalized spacial score (nSPS) is 20.1. The number of piperidine rings is 1. The van der Waals surface area contributed by atoms with Gasteiger partial charge in [-0.05, 0) is 31.9 Å². The first-order chi connectivity index (χ1) is 9.51. The van der Waals surface area contributed by atoms with Crippen LogP contribution in [0.4, 0.5) is 0 Å². The lowest BCUT2D eigenvalue weighted by atomic mass is 9.93. The molecule has 0 spiro atoms. The largest absolute Gasteiger partial charge is 0.299 e. The van der Waals surface area contributed by atoms with E-state index in [-0.39, 0.29) is 11.7 Å². The van der Waals surface area contributed by atoms with Crippen LogP contribution in [0.2, 0.25) is 0 Å². The van der Waals surface area contributed by atoms with E-state index < -0.39 is 0 Å². The van der Waals surface area contributed by atoms with E-state index in [0.29, 0.717) is 25.3 Å². The number of carbonyl (C=O) groups excluding carboxylic acids is 2. The lowest BCUT2D eigenvalue weighted by Crippen LogP contribution is -2.43. The Labute approximate surface area is 121 Å². The third-order valence-electron chi connectivity index (χ3n) is 4.16. The number of ketones is 2. The van der Waals surface area contributed by atoms with E-state index in [1.165, 1.54) is 0 Å².